The molecule has 0 aliphatic carbocycles. The number of benzene rings is 3. The minimum Gasteiger partial charge on any atom is -0.481 e. The van der Waals surface area contributed by atoms with E-state index in [0.717, 1.165) is 10.5 Å². The lowest BCUT2D eigenvalue weighted by Crippen LogP contribution is -2.59. The minimum atomic E-state index is -3.99. The third-order valence-electron chi connectivity index (χ3n) is 8.34. The lowest BCUT2D eigenvalue weighted by molar-refractivity contribution is -0.137. The van der Waals surface area contributed by atoms with Gasteiger partial charge in [-0.15, -0.1) is 0 Å². The summed E-state index contributed by atoms with van der Waals surface area (Å²) in [4.78, 5) is 59.7. The summed E-state index contributed by atoms with van der Waals surface area (Å²) in [5, 5.41) is 12.7. The van der Waals surface area contributed by atoms with Crippen LogP contribution in [0.3, 0.4) is 0 Å². The van der Waals surface area contributed by atoms with E-state index < -0.39 is 51.7 Å². The normalized spacial score (nSPS) is 18.3. The zero-order valence-corrected chi connectivity index (χ0v) is 26.8. The number of carboxylic acid groups (broad SMARTS) is 1. The molecule has 12 heteroatoms. The Hall–Kier alpha value is -5.10. The molecule has 3 aromatic rings. The predicted molar refractivity (Wildman–Crippen MR) is 176 cm³/mol. The number of carbonyl (C=O) groups is 4. The van der Waals surface area contributed by atoms with E-state index in [4.69, 9.17) is 4.99 Å². The van der Waals surface area contributed by atoms with Gasteiger partial charge in [0, 0.05) is 24.9 Å². The van der Waals surface area contributed by atoms with E-state index in [1.807, 2.05) is 44.2 Å². The van der Waals surface area contributed by atoms with E-state index in [0.29, 0.717) is 6.42 Å². The summed E-state index contributed by atoms with van der Waals surface area (Å²) in [6.45, 7) is 4.13. The molecule has 3 N–H and O–H groups in total. The van der Waals surface area contributed by atoms with E-state index in [2.05, 4.69) is 10.0 Å². The van der Waals surface area contributed by atoms with Crippen molar-refractivity contribution in [2.24, 2.45) is 16.8 Å². The molecule has 11 nitrogen and oxygen atoms in total. The van der Waals surface area contributed by atoms with Crippen molar-refractivity contribution in [3.8, 4) is 0 Å². The van der Waals surface area contributed by atoms with Crippen LogP contribution in [-0.2, 0) is 26.2 Å². The summed E-state index contributed by atoms with van der Waals surface area (Å²) >= 11 is 0. The molecule has 5 rings (SSSR count). The van der Waals surface area contributed by atoms with Gasteiger partial charge in [0.25, 0.3) is 21.8 Å². The largest absolute Gasteiger partial charge is 0.481 e. The first kappa shape index (κ1) is 33.3. The van der Waals surface area contributed by atoms with Gasteiger partial charge in [-0.3, -0.25) is 33.8 Å². The molecular formula is C35H36N4O7S. The van der Waals surface area contributed by atoms with Crippen LogP contribution < -0.4 is 10.0 Å². The molecule has 0 aromatic heterocycles. The number of hydrogen-bond acceptors (Lipinski definition) is 7. The smallest absolute Gasteiger partial charge is 0.303 e. The number of carbonyl (C=O) groups excluding carboxylic acids is 3. The number of hydrogen-bond donors (Lipinski definition) is 3. The molecule has 0 fully saturated rings. The highest BCUT2D eigenvalue weighted by atomic mass is 32.2. The second kappa shape index (κ2) is 13.7. The third-order valence-corrected chi connectivity index (χ3v) is 9.74. The van der Waals surface area contributed by atoms with E-state index in [1.54, 1.807) is 30.4 Å². The summed E-state index contributed by atoms with van der Waals surface area (Å²) in [7, 11) is -3.99. The van der Waals surface area contributed by atoms with Gasteiger partial charge < -0.3 is 10.4 Å². The molecule has 2 aliphatic rings. The van der Waals surface area contributed by atoms with E-state index in [-0.39, 0.29) is 46.5 Å². The molecule has 0 bridgehead atoms. The standard InChI is InChI=1S/C35H36N4O7S/c1-23(2)20-29(32(42)36-22-24-10-5-3-6-11-24)35(18-9-19-37-35)30(16-17-31(40)41)39-33(43)27-15-14-25(21-28(27)34(39)44)38-47(45,46)26-12-7-4-8-13-26/h3-15,18-19,21,23,29-30,38H,16-17,20,22H2,1-2H3,(H,36,42)(H,40,41). The Morgan fingerprint density at radius 2 is 1.60 bits per heavy atom. The fourth-order valence-electron chi connectivity index (χ4n) is 6.18. The average molecular weight is 657 g/mol. The maximum absolute atomic E-state index is 14.1. The monoisotopic (exact) mass is 656 g/mol. The topological polar surface area (TPSA) is 162 Å². The van der Waals surface area contributed by atoms with E-state index in [1.165, 1.54) is 36.5 Å². The quantitative estimate of drug-likeness (QED) is 0.212. The molecule has 3 aromatic carbocycles. The number of anilines is 1. The van der Waals surface area contributed by atoms with Gasteiger partial charge >= 0.3 is 5.97 Å². The van der Waals surface area contributed by atoms with Crippen LogP contribution in [0.2, 0.25) is 0 Å². The number of allylic oxidation sites excluding steroid dienone is 1. The Bertz CT molecular complexity index is 1830. The van der Waals surface area contributed by atoms with Crippen LogP contribution in [-0.4, -0.2) is 59.9 Å². The van der Waals surface area contributed by atoms with Crippen molar-refractivity contribution >= 4 is 45.6 Å². The van der Waals surface area contributed by atoms with Gasteiger partial charge in [0.1, 0.15) is 5.54 Å². The van der Waals surface area contributed by atoms with Gasteiger partial charge in [0.05, 0.1) is 28.0 Å². The number of nitrogens with one attached hydrogen (secondary N) is 2. The Morgan fingerprint density at radius 3 is 2.21 bits per heavy atom. The third kappa shape index (κ3) is 7.02. The zero-order chi connectivity index (χ0) is 33.8. The van der Waals surface area contributed by atoms with Gasteiger partial charge in [0.15, 0.2) is 0 Å². The van der Waals surface area contributed by atoms with Crippen molar-refractivity contribution in [1.29, 1.82) is 0 Å². The van der Waals surface area contributed by atoms with Crippen molar-refractivity contribution in [2.75, 3.05) is 4.72 Å². The number of amides is 3. The Morgan fingerprint density at radius 1 is 0.936 bits per heavy atom. The number of carboxylic acids is 1. The van der Waals surface area contributed by atoms with Gasteiger partial charge in [-0.2, -0.15) is 0 Å². The van der Waals surface area contributed by atoms with Crippen LogP contribution in [0.1, 0.15) is 59.4 Å². The van der Waals surface area contributed by atoms with Crippen LogP contribution in [0, 0.1) is 11.8 Å². The van der Waals surface area contributed by atoms with Crippen LogP contribution in [0.25, 0.3) is 0 Å². The summed E-state index contributed by atoms with van der Waals surface area (Å²) in [5.41, 5.74) is -0.507. The van der Waals surface area contributed by atoms with Crippen molar-refractivity contribution in [2.45, 2.75) is 56.1 Å². The molecule has 0 saturated carbocycles. The highest BCUT2D eigenvalue weighted by Crippen LogP contribution is 2.42. The van der Waals surface area contributed by atoms with E-state index in [9.17, 15) is 32.7 Å². The molecule has 3 unspecified atom stereocenters. The van der Waals surface area contributed by atoms with E-state index >= 15 is 0 Å². The number of fused-ring (bicyclic) bond motifs is 1. The number of rotatable bonds is 14. The number of sulfonamides is 1. The molecule has 0 saturated heterocycles. The Balaban J connectivity index is 1.51. The zero-order valence-electron chi connectivity index (χ0n) is 26.0. The van der Waals surface area contributed by atoms with Crippen molar-refractivity contribution in [3.05, 3.63) is 108 Å². The summed E-state index contributed by atoms with van der Waals surface area (Å²) in [5.74, 6) is -3.76. The highest BCUT2D eigenvalue weighted by Gasteiger charge is 2.54. The molecule has 3 amide bonds. The number of aliphatic imine (C=N–C) groups is 1. The second-order valence-corrected chi connectivity index (χ2v) is 13.7. The fourth-order valence-corrected chi connectivity index (χ4v) is 7.25. The van der Waals surface area contributed by atoms with Gasteiger partial charge in [-0.05, 0) is 60.7 Å². The lowest BCUT2D eigenvalue weighted by Gasteiger charge is -2.43. The Kier molecular flexibility index (Phi) is 9.71. The Labute approximate surface area is 273 Å². The molecule has 244 valence electrons. The summed E-state index contributed by atoms with van der Waals surface area (Å²) < 4.78 is 28.4. The maximum atomic E-state index is 14.1. The van der Waals surface area contributed by atoms with Crippen LogP contribution in [0.4, 0.5) is 5.69 Å². The first-order chi connectivity index (χ1) is 22.4. The number of imide groups is 1. The first-order valence-electron chi connectivity index (χ1n) is 15.3. The van der Waals surface area contributed by atoms with Crippen molar-refractivity contribution in [3.63, 3.8) is 0 Å². The SMILES string of the molecule is CC(C)CC(C(=O)NCc1ccccc1)C1(C(CCC(=O)O)N2C(=O)c3ccc(NS(=O)(=O)c4ccccc4)cc3C2=O)C=CC=N1. The molecule has 2 heterocycles. The molecule has 3 atom stereocenters. The van der Waals surface area contributed by atoms with Gasteiger partial charge in [-0.1, -0.05) is 68.5 Å². The molecule has 0 radical (unpaired) electrons. The van der Waals surface area contributed by atoms with Crippen molar-refractivity contribution < 1.29 is 32.7 Å². The molecular weight excluding hydrogens is 620 g/mol. The summed E-state index contributed by atoms with van der Waals surface area (Å²) in [6.07, 6.45) is 4.58. The number of nitrogens with zero attached hydrogens (tertiary/aromatic N) is 2. The van der Waals surface area contributed by atoms with Crippen LogP contribution >= 0.6 is 0 Å². The number of aliphatic carboxylic acids is 1. The summed E-state index contributed by atoms with van der Waals surface area (Å²) in [6, 6.07) is 20.0. The lowest BCUT2D eigenvalue weighted by atomic mass is 9.72. The fraction of sp³-hybridized carbons (Fsp3) is 0.286. The molecule has 0 spiro atoms. The predicted octanol–water partition coefficient (Wildman–Crippen LogP) is 4.67. The minimum absolute atomic E-state index is 0.00560. The molecule has 2 aliphatic heterocycles. The van der Waals surface area contributed by atoms with Crippen LogP contribution in [0.15, 0.2) is 101 Å². The van der Waals surface area contributed by atoms with Crippen molar-refractivity contribution in [1.82, 2.24) is 10.2 Å². The maximum Gasteiger partial charge on any atom is 0.303 e. The van der Waals surface area contributed by atoms with Gasteiger partial charge in [-0.25, -0.2) is 8.42 Å². The first-order valence-corrected chi connectivity index (χ1v) is 16.8. The molecule has 47 heavy (non-hydrogen) atoms. The highest BCUT2D eigenvalue weighted by molar-refractivity contribution is 7.92. The average Bonchev–Trinajstić information content (AvgIpc) is 3.63. The second-order valence-electron chi connectivity index (χ2n) is 12.0. The van der Waals surface area contributed by atoms with Gasteiger partial charge in [0.2, 0.25) is 5.91 Å². The van der Waals surface area contributed by atoms with Crippen LogP contribution in [0.5, 0.6) is 0 Å².